The number of hydrogen-bond acceptors (Lipinski definition) is 6. The van der Waals surface area contributed by atoms with Gasteiger partial charge in [-0.2, -0.15) is 5.10 Å². The van der Waals surface area contributed by atoms with Crippen LogP contribution < -0.4 is 20.3 Å². The van der Waals surface area contributed by atoms with Gasteiger partial charge in [0.15, 0.2) is 11.5 Å². The number of carbonyl (C=O) groups is 1. The van der Waals surface area contributed by atoms with Crippen LogP contribution in [-0.4, -0.2) is 58.4 Å². The van der Waals surface area contributed by atoms with Crippen molar-refractivity contribution in [1.82, 2.24) is 24.5 Å². The quantitative estimate of drug-likeness (QED) is 0.485. The Kier molecular flexibility index (Phi) is 5.16. The van der Waals surface area contributed by atoms with E-state index in [9.17, 15) is 9.18 Å². The number of halogens is 1. The van der Waals surface area contributed by atoms with E-state index in [0.717, 1.165) is 30.6 Å². The second kappa shape index (κ2) is 8.04. The molecule has 9 nitrogen and oxygen atoms in total. The molecular formula is C23H26FN7O2. The van der Waals surface area contributed by atoms with Crippen molar-refractivity contribution in [3.8, 4) is 5.75 Å². The number of pyridine rings is 1. The Balaban J connectivity index is 1.56. The molecule has 0 aliphatic carbocycles. The van der Waals surface area contributed by atoms with Gasteiger partial charge in [-0.15, -0.1) is 0 Å². The molecule has 5 rings (SSSR count). The Hall–Kier alpha value is -3.66. The summed E-state index contributed by atoms with van der Waals surface area (Å²) < 4.78 is 23.5. The molecule has 1 atom stereocenters. The van der Waals surface area contributed by atoms with Crippen LogP contribution in [-0.2, 0) is 7.05 Å². The highest BCUT2D eigenvalue weighted by atomic mass is 19.1. The van der Waals surface area contributed by atoms with Gasteiger partial charge in [-0.1, -0.05) is 0 Å². The predicted octanol–water partition coefficient (Wildman–Crippen LogP) is 2.73. The van der Waals surface area contributed by atoms with E-state index < -0.39 is 11.7 Å². The van der Waals surface area contributed by atoms with E-state index in [-0.39, 0.29) is 5.65 Å². The van der Waals surface area contributed by atoms with Gasteiger partial charge in [-0.3, -0.25) is 9.48 Å². The molecule has 1 amide bonds. The lowest BCUT2D eigenvalue weighted by Gasteiger charge is -2.23. The number of nitrogens with zero attached hydrogens (tertiary/aromatic N) is 5. The van der Waals surface area contributed by atoms with Crippen LogP contribution in [0.4, 0.5) is 15.8 Å². The summed E-state index contributed by atoms with van der Waals surface area (Å²) in [7, 11) is 5.38. The van der Waals surface area contributed by atoms with Gasteiger partial charge < -0.3 is 24.7 Å². The van der Waals surface area contributed by atoms with Crippen molar-refractivity contribution >= 4 is 33.8 Å². The highest BCUT2D eigenvalue weighted by molar-refractivity contribution is 6.15. The fourth-order valence-electron chi connectivity index (χ4n) is 4.56. The maximum absolute atomic E-state index is 14.5. The SMILES string of the molecule is CN[C@H]1CCN(c2c(OC)cc(C(=O)Nc3cc(F)c4nc(C)cn4c3)c3nn(C)cc23)C1. The molecule has 10 heteroatoms. The molecule has 1 saturated heterocycles. The first-order valence-electron chi connectivity index (χ1n) is 10.8. The fourth-order valence-corrected chi connectivity index (χ4v) is 4.56. The van der Waals surface area contributed by atoms with Crippen LogP contribution in [0.2, 0.25) is 0 Å². The standard InChI is InChI=1S/C23H26FN7O2/c1-13-9-31-11-15(7-18(24)22(31)26-13)27-23(32)16-8-19(33-4)21(17-12-29(3)28-20(16)17)30-6-5-14(10-30)25-2/h7-9,11-12,14,25H,5-6,10H2,1-4H3,(H,27,32)/t14-/m0/s1. The highest BCUT2D eigenvalue weighted by Crippen LogP contribution is 2.40. The lowest BCUT2D eigenvalue weighted by atomic mass is 10.1. The molecule has 172 valence electrons. The van der Waals surface area contributed by atoms with E-state index >= 15 is 0 Å². The zero-order valence-electron chi connectivity index (χ0n) is 19.0. The summed E-state index contributed by atoms with van der Waals surface area (Å²) in [6.45, 7) is 3.50. The minimum Gasteiger partial charge on any atom is -0.495 e. The van der Waals surface area contributed by atoms with E-state index in [1.54, 1.807) is 41.6 Å². The number of anilines is 2. The van der Waals surface area contributed by atoms with Crippen LogP contribution in [0.15, 0.2) is 30.7 Å². The average Bonchev–Trinajstić information content (AvgIpc) is 3.49. The molecule has 0 saturated carbocycles. The molecule has 33 heavy (non-hydrogen) atoms. The number of amides is 1. The van der Waals surface area contributed by atoms with Gasteiger partial charge >= 0.3 is 0 Å². The van der Waals surface area contributed by atoms with Crippen LogP contribution in [0.3, 0.4) is 0 Å². The van der Waals surface area contributed by atoms with Gasteiger partial charge in [-0.25, -0.2) is 9.37 Å². The Morgan fingerprint density at radius 3 is 2.82 bits per heavy atom. The average molecular weight is 452 g/mol. The second-order valence-electron chi connectivity index (χ2n) is 8.40. The number of nitrogens with one attached hydrogen (secondary N) is 2. The first kappa shape index (κ1) is 21.2. The molecule has 4 aromatic rings. The zero-order chi connectivity index (χ0) is 23.3. The molecule has 3 aromatic heterocycles. The first-order chi connectivity index (χ1) is 15.9. The van der Waals surface area contributed by atoms with Gasteiger partial charge in [0.1, 0.15) is 11.3 Å². The Bertz CT molecular complexity index is 1380. The number of imidazole rings is 1. The molecule has 1 fully saturated rings. The van der Waals surface area contributed by atoms with E-state index in [2.05, 4.69) is 25.6 Å². The predicted molar refractivity (Wildman–Crippen MR) is 125 cm³/mol. The smallest absolute Gasteiger partial charge is 0.258 e. The summed E-state index contributed by atoms with van der Waals surface area (Å²) in [6.07, 6.45) is 6.26. The number of aryl methyl sites for hydroxylation is 2. The molecule has 1 aromatic carbocycles. The van der Waals surface area contributed by atoms with Crippen molar-refractivity contribution in [1.29, 1.82) is 0 Å². The maximum Gasteiger partial charge on any atom is 0.258 e. The number of methoxy groups -OCH3 is 1. The number of aromatic nitrogens is 4. The van der Waals surface area contributed by atoms with E-state index in [1.807, 2.05) is 20.3 Å². The van der Waals surface area contributed by atoms with Gasteiger partial charge in [0.05, 0.1) is 29.7 Å². The third kappa shape index (κ3) is 3.66. The summed E-state index contributed by atoms with van der Waals surface area (Å²) in [4.78, 5) is 19.7. The van der Waals surface area contributed by atoms with Crippen LogP contribution in [0.1, 0.15) is 22.5 Å². The lowest BCUT2D eigenvalue weighted by molar-refractivity contribution is 0.102. The molecule has 0 bridgehead atoms. The first-order valence-corrected chi connectivity index (χ1v) is 10.8. The summed E-state index contributed by atoms with van der Waals surface area (Å²) in [5.74, 6) is -0.303. The monoisotopic (exact) mass is 451 g/mol. The lowest BCUT2D eigenvalue weighted by Crippen LogP contribution is -2.29. The van der Waals surface area contributed by atoms with E-state index in [1.165, 1.54) is 6.07 Å². The molecule has 1 aliphatic heterocycles. The highest BCUT2D eigenvalue weighted by Gasteiger charge is 2.28. The van der Waals surface area contributed by atoms with Crippen molar-refractivity contribution in [2.24, 2.45) is 7.05 Å². The number of ether oxygens (including phenoxy) is 1. The Labute approximate surface area is 190 Å². The number of likely N-dealkylation sites (N-methyl/N-ethyl adjacent to an activating group) is 1. The molecule has 4 heterocycles. The molecule has 0 radical (unpaired) electrons. The zero-order valence-corrected chi connectivity index (χ0v) is 19.0. The fraction of sp³-hybridized carbons (Fsp3) is 0.348. The number of carbonyl (C=O) groups excluding carboxylic acids is 1. The molecule has 2 N–H and O–H groups in total. The van der Waals surface area contributed by atoms with Crippen LogP contribution in [0.5, 0.6) is 5.75 Å². The van der Waals surface area contributed by atoms with Gasteiger partial charge in [0.2, 0.25) is 0 Å². The van der Waals surface area contributed by atoms with Crippen LogP contribution in [0, 0.1) is 12.7 Å². The second-order valence-corrected chi connectivity index (χ2v) is 8.40. The van der Waals surface area contributed by atoms with Crippen molar-refractivity contribution in [2.45, 2.75) is 19.4 Å². The topological polar surface area (TPSA) is 88.7 Å². The Morgan fingerprint density at radius 2 is 2.09 bits per heavy atom. The molecule has 0 unspecified atom stereocenters. The van der Waals surface area contributed by atoms with E-state index in [4.69, 9.17) is 4.74 Å². The summed E-state index contributed by atoms with van der Waals surface area (Å²) >= 11 is 0. The van der Waals surface area contributed by atoms with Crippen molar-refractivity contribution in [2.75, 3.05) is 37.5 Å². The number of benzene rings is 1. The van der Waals surface area contributed by atoms with Gasteiger partial charge in [0, 0.05) is 56.2 Å². The largest absolute Gasteiger partial charge is 0.495 e. The third-order valence-electron chi connectivity index (χ3n) is 6.11. The number of rotatable bonds is 5. The molecular weight excluding hydrogens is 425 g/mol. The van der Waals surface area contributed by atoms with Gasteiger partial charge in [-0.05, 0) is 26.5 Å². The number of fused-ring (bicyclic) bond motifs is 2. The normalized spacial score (nSPS) is 16.2. The summed E-state index contributed by atoms with van der Waals surface area (Å²) in [5, 5.41) is 11.5. The van der Waals surface area contributed by atoms with Crippen LogP contribution >= 0.6 is 0 Å². The number of hydrogen-bond donors (Lipinski definition) is 2. The van der Waals surface area contributed by atoms with E-state index in [0.29, 0.717) is 34.3 Å². The molecule has 1 aliphatic rings. The van der Waals surface area contributed by atoms with Crippen molar-refractivity contribution in [3.05, 3.63) is 47.8 Å². The Morgan fingerprint density at radius 1 is 1.27 bits per heavy atom. The van der Waals surface area contributed by atoms with Crippen molar-refractivity contribution in [3.63, 3.8) is 0 Å². The third-order valence-corrected chi connectivity index (χ3v) is 6.11. The maximum atomic E-state index is 14.5. The summed E-state index contributed by atoms with van der Waals surface area (Å²) in [5.41, 5.74) is 3.09. The van der Waals surface area contributed by atoms with Crippen LogP contribution in [0.25, 0.3) is 16.6 Å². The minimum atomic E-state index is -0.509. The molecule has 0 spiro atoms. The van der Waals surface area contributed by atoms with Gasteiger partial charge in [0.25, 0.3) is 5.91 Å². The van der Waals surface area contributed by atoms with Crippen molar-refractivity contribution < 1.29 is 13.9 Å². The minimum absolute atomic E-state index is 0.217. The summed E-state index contributed by atoms with van der Waals surface area (Å²) in [6, 6.07) is 3.37.